The lowest BCUT2D eigenvalue weighted by Crippen LogP contribution is -2.14. The zero-order valence-electron chi connectivity index (χ0n) is 9.27. The molecule has 1 heterocycles. The van der Waals surface area contributed by atoms with Crippen molar-refractivity contribution in [2.24, 2.45) is 0 Å². The van der Waals surface area contributed by atoms with E-state index in [-0.39, 0.29) is 5.69 Å². The number of halogens is 1. The average molecular weight is 261 g/mol. The summed E-state index contributed by atoms with van der Waals surface area (Å²) in [7, 11) is 0. The van der Waals surface area contributed by atoms with Crippen LogP contribution >= 0.6 is 11.6 Å². The summed E-state index contributed by atoms with van der Waals surface area (Å²) in [5, 5.41) is 12.3. The number of nitrogens with one attached hydrogen (secondary N) is 2. The SMILES string of the molecule is N#Cc1cc(NCc2ccc(Cl)cc2)nc(=O)[nH]1. The molecule has 0 aliphatic rings. The number of H-pyrrole nitrogens is 1. The van der Waals surface area contributed by atoms with Crippen LogP contribution in [0.5, 0.6) is 0 Å². The number of benzene rings is 1. The Morgan fingerprint density at radius 2 is 2.11 bits per heavy atom. The Bertz CT molecular complexity index is 642. The highest BCUT2D eigenvalue weighted by molar-refractivity contribution is 6.30. The van der Waals surface area contributed by atoms with Gasteiger partial charge in [0, 0.05) is 17.6 Å². The van der Waals surface area contributed by atoms with Crippen molar-refractivity contribution < 1.29 is 0 Å². The summed E-state index contributed by atoms with van der Waals surface area (Å²) < 4.78 is 0. The largest absolute Gasteiger partial charge is 0.366 e. The molecule has 0 amide bonds. The number of nitriles is 1. The number of rotatable bonds is 3. The Kier molecular flexibility index (Phi) is 3.60. The minimum absolute atomic E-state index is 0.175. The molecule has 2 N–H and O–H groups in total. The quantitative estimate of drug-likeness (QED) is 0.883. The lowest BCUT2D eigenvalue weighted by atomic mass is 10.2. The Balaban J connectivity index is 2.11. The molecule has 0 fully saturated rings. The molecular formula is C12H9ClN4O. The molecule has 1 aromatic heterocycles. The van der Waals surface area contributed by atoms with Crippen LogP contribution in [0, 0.1) is 11.3 Å². The van der Waals surface area contributed by atoms with Gasteiger partial charge in [0.2, 0.25) is 0 Å². The summed E-state index contributed by atoms with van der Waals surface area (Å²) in [4.78, 5) is 17.2. The van der Waals surface area contributed by atoms with Crippen LogP contribution in [0.25, 0.3) is 0 Å². The fourth-order valence-corrected chi connectivity index (χ4v) is 1.53. The minimum atomic E-state index is -0.548. The topological polar surface area (TPSA) is 81.6 Å². The van der Waals surface area contributed by atoms with Crippen LogP contribution in [0.3, 0.4) is 0 Å². The van der Waals surface area contributed by atoms with Gasteiger partial charge in [0.05, 0.1) is 0 Å². The van der Waals surface area contributed by atoms with Gasteiger partial charge in [-0.15, -0.1) is 0 Å². The van der Waals surface area contributed by atoms with Crippen LogP contribution in [0.1, 0.15) is 11.3 Å². The molecular weight excluding hydrogens is 252 g/mol. The van der Waals surface area contributed by atoms with E-state index in [4.69, 9.17) is 16.9 Å². The van der Waals surface area contributed by atoms with Gasteiger partial charge >= 0.3 is 5.69 Å². The summed E-state index contributed by atoms with van der Waals surface area (Å²) >= 11 is 5.77. The molecule has 0 unspecified atom stereocenters. The van der Waals surface area contributed by atoms with E-state index in [2.05, 4.69) is 15.3 Å². The van der Waals surface area contributed by atoms with E-state index in [0.29, 0.717) is 17.4 Å². The van der Waals surface area contributed by atoms with Gasteiger partial charge in [-0.3, -0.25) is 4.98 Å². The van der Waals surface area contributed by atoms with E-state index in [1.165, 1.54) is 6.07 Å². The first-order valence-corrected chi connectivity index (χ1v) is 5.55. The monoisotopic (exact) mass is 260 g/mol. The predicted molar refractivity (Wildman–Crippen MR) is 68.4 cm³/mol. The van der Waals surface area contributed by atoms with E-state index in [1.807, 2.05) is 18.2 Å². The maximum absolute atomic E-state index is 11.2. The number of aromatic amines is 1. The van der Waals surface area contributed by atoms with Crippen molar-refractivity contribution in [2.45, 2.75) is 6.54 Å². The zero-order valence-corrected chi connectivity index (χ0v) is 10.0. The first-order chi connectivity index (χ1) is 8.67. The van der Waals surface area contributed by atoms with E-state index in [0.717, 1.165) is 5.56 Å². The van der Waals surface area contributed by atoms with E-state index < -0.39 is 5.69 Å². The number of anilines is 1. The fraction of sp³-hybridized carbons (Fsp3) is 0.0833. The Morgan fingerprint density at radius 3 is 2.78 bits per heavy atom. The third-order valence-corrected chi connectivity index (χ3v) is 2.50. The van der Waals surface area contributed by atoms with E-state index in [9.17, 15) is 4.79 Å². The molecule has 0 saturated carbocycles. The first-order valence-electron chi connectivity index (χ1n) is 5.17. The highest BCUT2D eigenvalue weighted by Gasteiger charge is 2.00. The van der Waals surface area contributed by atoms with Crippen molar-refractivity contribution in [3.63, 3.8) is 0 Å². The number of aromatic nitrogens is 2. The summed E-state index contributed by atoms with van der Waals surface area (Å²) in [6, 6.07) is 10.6. The molecule has 0 aliphatic carbocycles. The zero-order chi connectivity index (χ0) is 13.0. The van der Waals surface area contributed by atoms with Crippen LogP contribution in [-0.2, 0) is 6.54 Å². The van der Waals surface area contributed by atoms with E-state index >= 15 is 0 Å². The smallest absolute Gasteiger partial charge is 0.347 e. The molecule has 0 spiro atoms. The number of hydrogen-bond acceptors (Lipinski definition) is 4. The van der Waals surface area contributed by atoms with Crippen molar-refractivity contribution in [1.29, 1.82) is 5.26 Å². The van der Waals surface area contributed by atoms with Crippen molar-refractivity contribution >= 4 is 17.4 Å². The maximum Gasteiger partial charge on any atom is 0.347 e. The number of nitrogens with zero attached hydrogens (tertiary/aromatic N) is 2. The standard InChI is InChI=1S/C12H9ClN4O/c13-9-3-1-8(2-4-9)7-15-11-5-10(6-14)16-12(18)17-11/h1-5H,7H2,(H2,15,16,17,18). The molecule has 2 aromatic rings. The maximum atomic E-state index is 11.2. The van der Waals surface area contributed by atoms with Gasteiger partial charge in [0.15, 0.2) is 0 Å². The van der Waals surface area contributed by atoms with Crippen LogP contribution < -0.4 is 11.0 Å². The molecule has 0 atom stereocenters. The van der Waals surface area contributed by atoms with Gasteiger partial charge in [-0.05, 0) is 17.7 Å². The summed E-state index contributed by atoms with van der Waals surface area (Å²) in [6.45, 7) is 0.499. The fourth-order valence-electron chi connectivity index (χ4n) is 1.40. The van der Waals surface area contributed by atoms with Gasteiger partial charge < -0.3 is 5.32 Å². The Hall–Kier alpha value is -2.32. The van der Waals surface area contributed by atoms with Crippen molar-refractivity contribution in [1.82, 2.24) is 9.97 Å². The van der Waals surface area contributed by atoms with Gasteiger partial charge in [0.25, 0.3) is 0 Å². The van der Waals surface area contributed by atoms with Crippen LogP contribution in [-0.4, -0.2) is 9.97 Å². The highest BCUT2D eigenvalue weighted by Crippen LogP contribution is 2.11. The second-order valence-electron chi connectivity index (χ2n) is 3.58. The lowest BCUT2D eigenvalue weighted by molar-refractivity contribution is 1.02. The predicted octanol–water partition coefficient (Wildman–Crippen LogP) is 1.91. The van der Waals surface area contributed by atoms with E-state index in [1.54, 1.807) is 12.1 Å². The second kappa shape index (κ2) is 5.34. The Morgan fingerprint density at radius 1 is 1.39 bits per heavy atom. The third-order valence-electron chi connectivity index (χ3n) is 2.25. The van der Waals surface area contributed by atoms with Gasteiger partial charge in [-0.1, -0.05) is 23.7 Å². The first kappa shape index (κ1) is 12.1. The Labute approximate surface area is 108 Å². The number of hydrogen-bond donors (Lipinski definition) is 2. The highest BCUT2D eigenvalue weighted by atomic mass is 35.5. The molecule has 0 saturated heterocycles. The summed E-state index contributed by atoms with van der Waals surface area (Å²) in [5.74, 6) is 0.366. The molecule has 2 rings (SSSR count). The molecule has 0 bridgehead atoms. The third kappa shape index (κ3) is 3.09. The van der Waals surface area contributed by atoms with Gasteiger partial charge in [-0.25, -0.2) is 4.79 Å². The van der Waals surface area contributed by atoms with Gasteiger partial charge in [-0.2, -0.15) is 10.2 Å². The van der Waals surface area contributed by atoms with Crippen LogP contribution in [0.4, 0.5) is 5.82 Å². The molecule has 0 radical (unpaired) electrons. The molecule has 90 valence electrons. The molecule has 1 aromatic carbocycles. The van der Waals surface area contributed by atoms with Crippen molar-refractivity contribution in [3.05, 3.63) is 57.1 Å². The van der Waals surface area contributed by atoms with Crippen molar-refractivity contribution in [3.8, 4) is 6.07 Å². The molecule has 18 heavy (non-hydrogen) atoms. The van der Waals surface area contributed by atoms with Crippen molar-refractivity contribution in [2.75, 3.05) is 5.32 Å². The van der Waals surface area contributed by atoms with Gasteiger partial charge in [0.1, 0.15) is 17.6 Å². The lowest BCUT2D eigenvalue weighted by Gasteiger charge is -2.05. The van der Waals surface area contributed by atoms with Crippen LogP contribution in [0.15, 0.2) is 35.1 Å². The average Bonchev–Trinajstić information content (AvgIpc) is 2.37. The molecule has 6 heteroatoms. The summed E-state index contributed by atoms with van der Waals surface area (Å²) in [6.07, 6.45) is 0. The molecule has 0 aliphatic heterocycles. The summed E-state index contributed by atoms with van der Waals surface area (Å²) in [5.41, 5.74) is 0.626. The minimum Gasteiger partial charge on any atom is -0.366 e. The van der Waals surface area contributed by atoms with Crippen LogP contribution in [0.2, 0.25) is 5.02 Å². The second-order valence-corrected chi connectivity index (χ2v) is 4.01. The normalized spacial score (nSPS) is 9.78. The molecule has 5 nitrogen and oxygen atoms in total.